The Bertz CT molecular complexity index is 612. The van der Waals surface area contributed by atoms with Gasteiger partial charge in [-0.05, 0) is 32.1 Å². The molecule has 0 aliphatic rings. The molecule has 2 N–H and O–H groups in total. The van der Waals surface area contributed by atoms with Crippen molar-refractivity contribution in [3.8, 4) is 5.75 Å². The van der Waals surface area contributed by atoms with Gasteiger partial charge in [-0.2, -0.15) is 4.98 Å². The zero-order valence-electron chi connectivity index (χ0n) is 12.8. The van der Waals surface area contributed by atoms with Crippen LogP contribution in [0.25, 0.3) is 0 Å². The standard InChI is InChI=1S/C15H20N4O3/c1-11-18-14(19-22-11)10-21-13-7-4-3-6-12(13)15(20)17-9-5-8-16-2/h3-4,6-7,16H,5,8-10H2,1-2H3,(H,17,20). The van der Waals surface area contributed by atoms with E-state index in [0.29, 0.717) is 29.6 Å². The van der Waals surface area contributed by atoms with E-state index < -0.39 is 0 Å². The second kappa shape index (κ2) is 8.14. The Hall–Kier alpha value is -2.41. The maximum atomic E-state index is 12.2. The minimum absolute atomic E-state index is 0.154. The molecule has 0 unspecified atom stereocenters. The lowest BCUT2D eigenvalue weighted by atomic mass is 10.2. The van der Waals surface area contributed by atoms with Gasteiger partial charge in [0.25, 0.3) is 5.91 Å². The molecule has 0 fully saturated rings. The van der Waals surface area contributed by atoms with Crippen molar-refractivity contribution in [3.05, 3.63) is 41.5 Å². The summed E-state index contributed by atoms with van der Waals surface area (Å²) in [6.45, 7) is 3.33. The molecule has 2 aromatic rings. The maximum Gasteiger partial charge on any atom is 0.255 e. The van der Waals surface area contributed by atoms with Gasteiger partial charge in [0.1, 0.15) is 5.75 Å². The minimum Gasteiger partial charge on any atom is -0.485 e. The highest BCUT2D eigenvalue weighted by Gasteiger charge is 2.12. The van der Waals surface area contributed by atoms with E-state index in [1.54, 1.807) is 25.1 Å². The highest BCUT2D eigenvalue weighted by atomic mass is 16.5. The molecule has 0 saturated heterocycles. The van der Waals surface area contributed by atoms with Crippen LogP contribution in [0.2, 0.25) is 0 Å². The van der Waals surface area contributed by atoms with Crippen molar-refractivity contribution in [1.82, 2.24) is 20.8 Å². The summed E-state index contributed by atoms with van der Waals surface area (Å²) in [5, 5.41) is 9.66. The zero-order chi connectivity index (χ0) is 15.8. The van der Waals surface area contributed by atoms with E-state index >= 15 is 0 Å². The molecule has 0 saturated carbocycles. The van der Waals surface area contributed by atoms with Crippen LogP contribution in [0, 0.1) is 6.92 Å². The molecule has 0 radical (unpaired) electrons. The third kappa shape index (κ3) is 4.56. The van der Waals surface area contributed by atoms with E-state index in [1.807, 2.05) is 13.1 Å². The number of benzene rings is 1. The lowest BCUT2D eigenvalue weighted by molar-refractivity contribution is 0.0948. The van der Waals surface area contributed by atoms with Gasteiger partial charge in [0.15, 0.2) is 6.61 Å². The number of amides is 1. The highest BCUT2D eigenvalue weighted by Crippen LogP contribution is 2.18. The number of aromatic nitrogens is 2. The molecule has 7 heteroatoms. The van der Waals surface area contributed by atoms with Crippen LogP contribution in [0.4, 0.5) is 0 Å². The van der Waals surface area contributed by atoms with Gasteiger partial charge in [0, 0.05) is 13.5 Å². The Morgan fingerprint density at radius 1 is 1.32 bits per heavy atom. The van der Waals surface area contributed by atoms with Crippen molar-refractivity contribution in [2.75, 3.05) is 20.1 Å². The predicted molar refractivity (Wildman–Crippen MR) is 80.7 cm³/mol. The molecule has 22 heavy (non-hydrogen) atoms. The first-order valence-corrected chi connectivity index (χ1v) is 7.14. The summed E-state index contributed by atoms with van der Waals surface area (Å²) in [7, 11) is 1.88. The van der Waals surface area contributed by atoms with Crippen molar-refractivity contribution < 1.29 is 14.1 Å². The number of para-hydroxylation sites is 1. The number of nitrogens with zero attached hydrogens (tertiary/aromatic N) is 2. The van der Waals surface area contributed by atoms with Crippen molar-refractivity contribution in [3.63, 3.8) is 0 Å². The smallest absolute Gasteiger partial charge is 0.255 e. The second-order valence-electron chi connectivity index (χ2n) is 4.73. The Balaban J connectivity index is 1.95. The lowest BCUT2D eigenvalue weighted by Crippen LogP contribution is -2.27. The highest BCUT2D eigenvalue weighted by molar-refractivity contribution is 5.96. The topological polar surface area (TPSA) is 89.3 Å². The van der Waals surface area contributed by atoms with Crippen LogP contribution in [-0.4, -0.2) is 36.2 Å². The predicted octanol–water partition coefficient (Wildman–Crippen LogP) is 1.30. The fourth-order valence-electron chi connectivity index (χ4n) is 1.88. The normalized spacial score (nSPS) is 10.5. The first kappa shape index (κ1) is 16.0. The van der Waals surface area contributed by atoms with Gasteiger partial charge in [-0.3, -0.25) is 4.79 Å². The molecule has 118 valence electrons. The van der Waals surface area contributed by atoms with Crippen LogP contribution in [-0.2, 0) is 6.61 Å². The number of hydrogen-bond acceptors (Lipinski definition) is 6. The first-order valence-electron chi connectivity index (χ1n) is 7.14. The van der Waals surface area contributed by atoms with Crippen molar-refractivity contribution >= 4 is 5.91 Å². The summed E-state index contributed by atoms with van der Waals surface area (Å²) < 4.78 is 10.5. The molecule has 1 amide bonds. The number of hydrogen-bond donors (Lipinski definition) is 2. The summed E-state index contributed by atoms with van der Waals surface area (Å²) in [6.07, 6.45) is 0.868. The molecular weight excluding hydrogens is 284 g/mol. The zero-order valence-corrected chi connectivity index (χ0v) is 12.8. The Kier molecular flexibility index (Phi) is 5.91. The largest absolute Gasteiger partial charge is 0.485 e. The van der Waals surface area contributed by atoms with Crippen LogP contribution >= 0.6 is 0 Å². The van der Waals surface area contributed by atoms with Crippen molar-refractivity contribution in [2.45, 2.75) is 20.0 Å². The second-order valence-corrected chi connectivity index (χ2v) is 4.73. The van der Waals surface area contributed by atoms with E-state index in [1.165, 1.54) is 0 Å². The summed E-state index contributed by atoms with van der Waals surface area (Å²) in [5.74, 6) is 1.27. The summed E-state index contributed by atoms with van der Waals surface area (Å²) in [4.78, 5) is 16.2. The van der Waals surface area contributed by atoms with Crippen molar-refractivity contribution in [1.29, 1.82) is 0 Å². The molecule has 7 nitrogen and oxygen atoms in total. The van der Waals surface area contributed by atoms with Crippen LogP contribution in [0.15, 0.2) is 28.8 Å². The molecular formula is C15H20N4O3. The number of rotatable bonds is 8. The van der Waals surface area contributed by atoms with Gasteiger partial charge < -0.3 is 19.9 Å². The van der Waals surface area contributed by atoms with Crippen molar-refractivity contribution in [2.24, 2.45) is 0 Å². The Morgan fingerprint density at radius 2 is 2.14 bits per heavy atom. The van der Waals surface area contributed by atoms with E-state index in [4.69, 9.17) is 9.26 Å². The lowest BCUT2D eigenvalue weighted by Gasteiger charge is -2.10. The summed E-state index contributed by atoms with van der Waals surface area (Å²) in [5.41, 5.74) is 0.493. The van der Waals surface area contributed by atoms with Gasteiger partial charge in [-0.25, -0.2) is 0 Å². The van der Waals surface area contributed by atoms with Gasteiger partial charge in [-0.15, -0.1) is 0 Å². The third-order valence-electron chi connectivity index (χ3n) is 2.95. The fourth-order valence-corrected chi connectivity index (χ4v) is 1.88. The molecule has 0 atom stereocenters. The first-order chi connectivity index (χ1) is 10.7. The SMILES string of the molecule is CNCCCNC(=O)c1ccccc1OCc1noc(C)n1. The molecule has 0 bridgehead atoms. The number of carbonyl (C=O) groups excluding carboxylic acids is 1. The van der Waals surface area contributed by atoms with E-state index in [-0.39, 0.29) is 12.5 Å². The number of carbonyl (C=O) groups is 1. The molecule has 1 aromatic carbocycles. The molecule has 0 aliphatic carbocycles. The number of aryl methyl sites for hydroxylation is 1. The van der Waals surface area contributed by atoms with Crippen LogP contribution in [0.5, 0.6) is 5.75 Å². The average Bonchev–Trinajstić information content (AvgIpc) is 2.95. The van der Waals surface area contributed by atoms with Crippen LogP contribution in [0.1, 0.15) is 28.5 Å². The van der Waals surface area contributed by atoms with Gasteiger partial charge >= 0.3 is 0 Å². The van der Waals surface area contributed by atoms with Crippen LogP contribution in [0.3, 0.4) is 0 Å². The number of nitrogens with one attached hydrogen (secondary N) is 2. The molecule has 0 spiro atoms. The average molecular weight is 304 g/mol. The monoisotopic (exact) mass is 304 g/mol. The molecule has 1 aromatic heterocycles. The van der Waals surface area contributed by atoms with Gasteiger partial charge in [0.05, 0.1) is 5.56 Å². The maximum absolute atomic E-state index is 12.2. The van der Waals surface area contributed by atoms with Crippen LogP contribution < -0.4 is 15.4 Å². The quantitative estimate of drug-likeness (QED) is 0.715. The van der Waals surface area contributed by atoms with Gasteiger partial charge in [-0.1, -0.05) is 17.3 Å². The Labute approximate surface area is 129 Å². The van der Waals surface area contributed by atoms with Gasteiger partial charge in [0.2, 0.25) is 11.7 Å². The summed E-state index contributed by atoms with van der Waals surface area (Å²) >= 11 is 0. The minimum atomic E-state index is -0.156. The molecule has 2 rings (SSSR count). The molecule has 0 aliphatic heterocycles. The van der Waals surface area contributed by atoms with E-state index in [2.05, 4.69) is 20.8 Å². The van der Waals surface area contributed by atoms with E-state index in [0.717, 1.165) is 13.0 Å². The number of ether oxygens (including phenoxy) is 1. The van der Waals surface area contributed by atoms with E-state index in [9.17, 15) is 4.79 Å². The summed E-state index contributed by atoms with van der Waals surface area (Å²) in [6, 6.07) is 7.09. The third-order valence-corrected chi connectivity index (χ3v) is 2.95. The Morgan fingerprint density at radius 3 is 2.86 bits per heavy atom. The fraction of sp³-hybridized carbons (Fsp3) is 0.400. The molecule has 1 heterocycles.